The second-order valence-electron chi connectivity index (χ2n) is 26.7. The lowest BCUT2D eigenvalue weighted by molar-refractivity contribution is -0.256. The highest BCUT2D eigenvalue weighted by atomic mass is 16.7. The fraction of sp³-hybridized carbons (Fsp3) is 0.870. The number of aliphatic hydroxyl groups excluding tert-OH is 2. The number of aliphatic hydroxyl groups is 3. The summed E-state index contributed by atoms with van der Waals surface area (Å²) in [5.41, 5.74) is 3.22. The predicted octanol–water partition coefficient (Wildman–Crippen LogP) is 7.50. The average molecular weight is 881 g/mol. The van der Waals surface area contributed by atoms with Crippen LogP contribution in [0.3, 0.4) is 0 Å². The second kappa shape index (κ2) is 12.7. The van der Waals surface area contributed by atoms with Gasteiger partial charge in [-0.05, 0) is 138 Å². The first kappa shape index (κ1) is 42.3. The van der Waals surface area contributed by atoms with E-state index in [4.69, 9.17) is 28.9 Å². The van der Waals surface area contributed by atoms with Gasteiger partial charge in [0.1, 0.15) is 5.78 Å². The van der Waals surface area contributed by atoms with E-state index in [1.165, 1.54) is 22.7 Å². The minimum Gasteiger partial charge on any atom is -0.396 e. The standard InChI is InChI=1S/C54H76N2O8/c1-27-44-40(62-54(27)24-47(5,25-57)26-61-54)18-34-31-12-10-29-16-36-38(21-48(29,6)33(31)19-42(58)50(34,44)8)55-37-17-30-11-13-32-35(49(30,7)22-39(37)56-36)20-43(59)52(32)23-41-45(51(52,9)60)28(2)53(63-41)15-14-46(3,4)64-53/h18,27-33,35,40-42,44-45,57-58,60H,10-17,19-26H2,1-9H3/t27-,28-,29-,30-,31+,32+,33+,35-,40-,41-,42+,44-,45-,47+,48-,49-,50+,51-,52-,53-,54+/m0/s1. The summed E-state index contributed by atoms with van der Waals surface area (Å²) < 4.78 is 27.0. The van der Waals surface area contributed by atoms with E-state index in [1.54, 1.807) is 0 Å². The Morgan fingerprint density at radius 2 is 1.42 bits per heavy atom. The van der Waals surface area contributed by atoms with Gasteiger partial charge in [-0.15, -0.1) is 0 Å². The molecule has 0 amide bonds. The molecule has 21 atom stereocenters. The van der Waals surface area contributed by atoms with E-state index in [-0.39, 0.29) is 87.4 Å². The molecule has 0 radical (unpaired) electrons. The number of rotatable bonds is 1. The Labute approximate surface area is 380 Å². The lowest BCUT2D eigenvalue weighted by atomic mass is 9.45. The van der Waals surface area contributed by atoms with Crippen molar-refractivity contribution in [3.05, 3.63) is 34.4 Å². The van der Waals surface area contributed by atoms with Crippen molar-refractivity contribution >= 4 is 5.78 Å². The van der Waals surface area contributed by atoms with Crippen molar-refractivity contribution in [3.8, 4) is 0 Å². The summed E-state index contributed by atoms with van der Waals surface area (Å²) in [5, 5.41) is 35.5. The first-order valence-electron chi connectivity index (χ1n) is 25.9. The summed E-state index contributed by atoms with van der Waals surface area (Å²) in [7, 11) is 0. The van der Waals surface area contributed by atoms with Gasteiger partial charge in [0, 0.05) is 53.8 Å². The normalized spacial score (nSPS) is 58.1. The zero-order valence-corrected chi connectivity index (χ0v) is 40.2. The lowest BCUT2D eigenvalue weighted by Gasteiger charge is -2.60. The summed E-state index contributed by atoms with van der Waals surface area (Å²) in [6.45, 7) is 20.7. The van der Waals surface area contributed by atoms with Gasteiger partial charge in [-0.3, -0.25) is 14.8 Å². The highest BCUT2D eigenvalue weighted by molar-refractivity contribution is 5.90. The van der Waals surface area contributed by atoms with Crippen LogP contribution in [0.5, 0.6) is 0 Å². The molecular formula is C54H76N2O8. The molecule has 0 unspecified atom stereocenters. The Hall–Kier alpha value is -1.79. The van der Waals surface area contributed by atoms with Crippen molar-refractivity contribution < 1.29 is 39.1 Å². The Morgan fingerprint density at radius 3 is 2.05 bits per heavy atom. The Kier molecular flexibility index (Phi) is 8.40. The molecule has 5 saturated carbocycles. The van der Waals surface area contributed by atoms with Crippen LogP contribution in [-0.4, -0.2) is 85.4 Å². The van der Waals surface area contributed by atoms with Crippen molar-refractivity contribution in [1.29, 1.82) is 0 Å². The van der Waals surface area contributed by atoms with Crippen molar-refractivity contribution in [2.75, 3.05) is 13.2 Å². The largest absolute Gasteiger partial charge is 0.396 e. The summed E-state index contributed by atoms with van der Waals surface area (Å²) in [6.07, 6.45) is 14.0. The van der Waals surface area contributed by atoms with E-state index in [9.17, 15) is 20.1 Å². The second-order valence-corrected chi connectivity index (χ2v) is 26.7. The van der Waals surface area contributed by atoms with Gasteiger partial charge in [0.2, 0.25) is 0 Å². The quantitative estimate of drug-likeness (QED) is 0.243. The molecule has 13 rings (SSSR count). The predicted molar refractivity (Wildman–Crippen MR) is 237 cm³/mol. The molecular weight excluding hydrogens is 805 g/mol. The Morgan fingerprint density at radius 1 is 0.766 bits per heavy atom. The molecule has 10 heteroatoms. The summed E-state index contributed by atoms with van der Waals surface area (Å²) in [4.78, 5) is 26.0. The van der Waals surface area contributed by atoms with Crippen LogP contribution in [0.4, 0.5) is 0 Å². The Balaban J connectivity index is 0.761. The maximum atomic E-state index is 14.8. The van der Waals surface area contributed by atoms with E-state index < -0.39 is 28.7 Å². The highest BCUT2D eigenvalue weighted by Gasteiger charge is 2.79. The van der Waals surface area contributed by atoms with Crippen LogP contribution in [0.15, 0.2) is 11.6 Å². The molecule has 8 aliphatic carbocycles. The van der Waals surface area contributed by atoms with E-state index in [1.807, 2.05) is 6.92 Å². The van der Waals surface area contributed by atoms with Gasteiger partial charge in [0.15, 0.2) is 11.6 Å². The third-order valence-electron chi connectivity index (χ3n) is 23.4. The number of hydrogen-bond acceptors (Lipinski definition) is 10. The first-order chi connectivity index (χ1) is 30.1. The molecule has 350 valence electrons. The molecule has 0 aromatic carbocycles. The number of aromatic nitrogens is 2. The molecule has 3 spiro atoms. The van der Waals surface area contributed by atoms with Crippen molar-refractivity contribution in [1.82, 2.24) is 9.97 Å². The number of fused-ring (bicyclic) bond motifs is 14. The topological polar surface area (TPSA) is 140 Å². The number of carbonyl (C=O) groups is 1. The molecule has 9 fully saturated rings. The van der Waals surface area contributed by atoms with Gasteiger partial charge in [0.25, 0.3) is 0 Å². The minimum atomic E-state index is -1.16. The fourth-order valence-corrected chi connectivity index (χ4v) is 20.0. The molecule has 64 heavy (non-hydrogen) atoms. The van der Waals surface area contributed by atoms with Crippen LogP contribution in [0.25, 0.3) is 0 Å². The smallest absolute Gasteiger partial charge is 0.172 e. The average Bonchev–Trinajstić information content (AvgIpc) is 4.06. The number of ketones is 1. The summed E-state index contributed by atoms with van der Waals surface area (Å²) in [5.74, 6) is 1.08. The van der Waals surface area contributed by atoms with Gasteiger partial charge in [-0.1, -0.05) is 53.2 Å². The van der Waals surface area contributed by atoms with E-state index in [2.05, 4.69) is 61.5 Å². The van der Waals surface area contributed by atoms with E-state index >= 15 is 0 Å². The van der Waals surface area contributed by atoms with Crippen LogP contribution in [0.1, 0.15) is 149 Å². The van der Waals surface area contributed by atoms with Gasteiger partial charge in [-0.25, -0.2) is 0 Å². The fourth-order valence-electron chi connectivity index (χ4n) is 20.0. The van der Waals surface area contributed by atoms with E-state index in [0.717, 1.165) is 76.3 Å². The van der Waals surface area contributed by atoms with Crippen LogP contribution < -0.4 is 0 Å². The van der Waals surface area contributed by atoms with Gasteiger partial charge in [-0.2, -0.15) is 0 Å². The lowest BCUT2D eigenvalue weighted by Crippen LogP contribution is -2.58. The van der Waals surface area contributed by atoms with Crippen LogP contribution in [0, 0.1) is 86.3 Å². The van der Waals surface area contributed by atoms with Crippen LogP contribution in [-0.2, 0) is 49.4 Å². The van der Waals surface area contributed by atoms with Crippen molar-refractivity contribution in [2.24, 2.45) is 86.3 Å². The molecule has 4 aliphatic heterocycles. The first-order valence-corrected chi connectivity index (χ1v) is 25.9. The third-order valence-corrected chi connectivity index (χ3v) is 23.4. The van der Waals surface area contributed by atoms with Gasteiger partial charge >= 0.3 is 0 Å². The zero-order valence-electron chi connectivity index (χ0n) is 40.2. The molecule has 1 aromatic heterocycles. The number of ether oxygens (including phenoxy) is 4. The molecule has 1 aromatic rings. The maximum absolute atomic E-state index is 14.8. The number of hydrogen-bond donors (Lipinski definition) is 3. The highest BCUT2D eigenvalue weighted by Crippen LogP contribution is 2.74. The van der Waals surface area contributed by atoms with Crippen molar-refractivity contribution in [3.63, 3.8) is 0 Å². The summed E-state index contributed by atoms with van der Waals surface area (Å²) in [6, 6.07) is 0. The summed E-state index contributed by atoms with van der Waals surface area (Å²) >= 11 is 0. The molecule has 0 bridgehead atoms. The Bertz CT molecular complexity index is 2260. The number of Topliss-reactive ketones (excluding diaryl/α,β-unsaturated/α-hetero) is 1. The zero-order chi connectivity index (χ0) is 44.7. The monoisotopic (exact) mass is 881 g/mol. The molecule has 12 aliphatic rings. The number of carbonyl (C=O) groups excluding carboxylic acids is 1. The minimum absolute atomic E-state index is 0.0132. The SMILES string of the molecule is C[C@H]1[C@H]2[C@H](C=C3[C@@H]4CC[C@H]5Cc6nc7c(nc6C[C@]5(C)[C@@H]4C[C@@H](O)[C@@]32C)C[C@@H]2CC[C@@H]3[C@H](CC(=O)[C@]34C[C@@H]3O[C@]5(CCC(C)(C)O5)[C@@H](C)[C@@H]3[C@]4(C)O)[C@@]2(C)C7)O[C@]12C[C@](C)(CO)CO2. The van der Waals surface area contributed by atoms with Gasteiger partial charge < -0.3 is 34.3 Å². The number of nitrogens with zero attached hydrogens (tertiary/aromatic N) is 2. The molecule has 4 saturated heterocycles. The van der Waals surface area contributed by atoms with E-state index in [0.29, 0.717) is 49.5 Å². The molecule has 10 nitrogen and oxygen atoms in total. The third kappa shape index (κ3) is 4.92. The van der Waals surface area contributed by atoms with Gasteiger partial charge in [0.05, 0.1) is 70.9 Å². The molecule has 5 heterocycles. The maximum Gasteiger partial charge on any atom is 0.172 e. The molecule has 3 N–H and O–H groups in total. The van der Waals surface area contributed by atoms with Crippen LogP contribution >= 0.6 is 0 Å². The van der Waals surface area contributed by atoms with Crippen molar-refractivity contribution in [2.45, 2.75) is 193 Å². The van der Waals surface area contributed by atoms with Crippen LogP contribution in [0.2, 0.25) is 0 Å².